The van der Waals surface area contributed by atoms with Gasteiger partial charge in [-0.1, -0.05) is 6.92 Å². The lowest BCUT2D eigenvalue weighted by molar-refractivity contribution is -0.117. The molecule has 0 fully saturated rings. The largest absolute Gasteiger partial charge is 0.408 e. The Morgan fingerprint density at radius 1 is 1.23 bits per heavy atom. The first-order valence-corrected chi connectivity index (χ1v) is 13.1. The molecular formula is C19H26F4IN3O2S2. The van der Waals surface area contributed by atoms with Crippen LogP contribution in [0.3, 0.4) is 0 Å². The Balaban J connectivity index is 3.82. The second-order valence-electron chi connectivity index (χ2n) is 8.73. The summed E-state index contributed by atoms with van der Waals surface area (Å²) >= 11 is 1.95. The summed E-state index contributed by atoms with van der Waals surface area (Å²) < 4.78 is 80.8. The van der Waals surface area contributed by atoms with Gasteiger partial charge in [-0.2, -0.15) is 18.4 Å². The van der Waals surface area contributed by atoms with Gasteiger partial charge in [0.15, 0.2) is 0 Å². The van der Waals surface area contributed by atoms with Gasteiger partial charge in [0, 0.05) is 14.7 Å². The Morgan fingerprint density at radius 3 is 2.23 bits per heavy atom. The molecular weight excluding hydrogens is 569 g/mol. The molecule has 1 aromatic rings. The maximum Gasteiger partial charge on any atom is 0.408 e. The molecule has 1 aromatic carbocycles. The fourth-order valence-electron chi connectivity index (χ4n) is 3.26. The van der Waals surface area contributed by atoms with Crippen molar-refractivity contribution in [1.82, 2.24) is 0 Å². The molecule has 2 N–H and O–H groups in total. The van der Waals surface area contributed by atoms with Crippen molar-refractivity contribution >= 4 is 43.3 Å². The Kier molecular flexibility index (Phi) is 8.75. The quantitative estimate of drug-likeness (QED) is 0.345. The van der Waals surface area contributed by atoms with E-state index in [1.165, 1.54) is 39.0 Å². The lowest BCUT2D eigenvalue weighted by Crippen LogP contribution is -2.47. The standard InChI is InChI=1S/C19H26F4IN3O2S2/c1-16(2,30(26)28)9-18(5,14-8-13(24)6-7-15(14)20)12-31(29,17(3,4)10-25)27-11-19(21,22)23/h6-8H,9,11-12,26H2,1-5H3/t18-,30?,31-/m0/s1. The van der Waals surface area contributed by atoms with E-state index in [2.05, 4.69) is 4.36 Å². The van der Waals surface area contributed by atoms with Crippen LogP contribution in [-0.4, -0.2) is 36.4 Å². The van der Waals surface area contributed by atoms with Crippen LogP contribution < -0.4 is 5.14 Å². The molecule has 0 amide bonds. The van der Waals surface area contributed by atoms with E-state index >= 15 is 0 Å². The molecule has 0 aliphatic heterocycles. The maximum absolute atomic E-state index is 14.9. The molecule has 1 rings (SSSR count). The molecule has 0 aromatic heterocycles. The number of benzene rings is 1. The van der Waals surface area contributed by atoms with Crippen LogP contribution in [0.5, 0.6) is 0 Å². The minimum Gasteiger partial charge on any atom is -0.251 e. The van der Waals surface area contributed by atoms with Gasteiger partial charge in [-0.05, 0) is 80.5 Å². The third-order valence-electron chi connectivity index (χ3n) is 4.97. The van der Waals surface area contributed by atoms with Gasteiger partial charge in [0.25, 0.3) is 0 Å². The molecule has 31 heavy (non-hydrogen) atoms. The molecule has 0 aliphatic carbocycles. The molecule has 0 heterocycles. The summed E-state index contributed by atoms with van der Waals surface area (Å²) in [6.45, 7) is 5.44. The third kappa shape index (κ3) is 7.10. The van der Waals surface area contributed by atoms with Crippen LogP contribution in [-0.2, 0) is 26.1 Å². The van der Waals surface area contributed by atoms with Crippen LogP contribution in [0.25, 0.3) is 0 Å². The average Bonchev–Trinajstić information content (AvgIpc) is 2.60. The number of hydrogen-bond donors (Lipinski definition) is 1. The van der Waals surface area contributed by atoms with Gasteiger partial charge in [-0.15, -0.1) is 0 Å². The minimum atomic E-state index is -4.73. The van der Waals surface area contributed by atoms with Gasteiger partial charge < -0.3 is 0 Å². The van der Waals surface area contributed by atoms with E-state index in [0.29, 0.717) is 3.57 Å². The number of halogens is 5. The molecule has 0 radical (unpaired) electrons. The zero-order chi connectivity index (χ0) is 24.5. The van der Waals surface area contributed by atoms with Crippen molar-refractivity contribution < 1.29 is 26.0 Å². The smallest absolute Gasteiger partial charge is 0.251 e. The zero-order valence-electron chi connectivity index (χ0n) is 17.8. The summed E-state index contributed by atoms with van der Waals surface area (Å²) in [4.78, 5) is 0. The molecule has 0 saturated heterocycles. The van der Waals surface area contributed by atoms with E-state index in [4.69, 9.17) is 5.14 Å². The van der Waals surface area contributed by atoms with Crippen molar-refractivity contribution in [2.45, 2.75) is 62.1 Å². The van der Waals surface area contributed by atoms with E-state index in [1.807, 2.05) is 22.6 Å². The summed E-state index contributed by atoms with van der Waals surface area (Å²) in [6, 6.07) is 5.99. The van der Waals surface area contributed by atoms with E-state index in [9.17, 15) is 31.2 Å². The number of rotatable bonds is 8. The first-order valence-electron chi connectivity index (χ1n) is 9.09. The highest BCUT2D eigenvalue weighted by atomic mass is 127. The van der Waals surface area contributed by atoms with Gasteiger partial charge in [-0.3, -0.25) is 5.14 Å². The molecule has 0 aliphatic rings. The Morgan fingerprint density at radius 2 is 1.77 bits per heavy atom. The van der Waals surface area contributed by atoms with Crippen LogP contribution in [0.1, 0.15) is 46.6 Å². The van der Waals surface area contributed by atoms with Crippen LogP contribution in [0.4, 0.5) is 17.6 Å². The second-order valence-corrected chi connectivity index (χ2v) is 14.5. The highest BCUT2D eigenvalue weighted by Crippen LogP contribution is 2.40. The van der Waals surface area contributed by atoms with Crippen LogP contribution in [0, 0.1) is 20.7 Å². The summed E-state index contributed by atoms with van der Waals surface area (Å²) in [5.41, 5.74) is -1.30. The Bertz CT molecular complexity index is 1010. The second kappa shape index (κ2) is 9.61. The number of nitriles is 1. The lowest BCUT2D eigenvalue weighted by Gasteiger charge is -2.39. The topological polar surface area (TPSA) is 96.3 Å². The normalized spacial score (nSPS) is 17.9. The molecule has 0 bridgehead atoms. The predicted octanol–water partition coefficient (Wildman–Crippen LogP) is 4.81. The molecule has 0 saturated carbocycles. The molecule has 0 spiro atoms. The number of alkyl halides is 3. The molecule has 3 atom stereocenters. The average molecular weight is 595 g/mol. The van der Waals surface area contributed by atoms with Gasteiger partial charge in [-0.25, -0.2) is 17.2 Å². The van der Waals surface area contributed by atoms with E-state index in [1.54, 1.807) is 19.9 Å². The fraction of sp³-hybridized carbons (Fsp3) is 0.632. The number of hydrogen-bond acceptors (Lipinski definition) is 4. The van der Waals surface area contributed by atoms with Crippen LogP contribution >= 0.6 is 22.6 Å². The Hall–Kier alpha value is -0.780. The maximum atomic E-state index is 14.9. The van der Waals surface area contributed by atoms with Gasteiger partial charge in [0.2, 0.25) is 0 Å². The predicted molar refractivity (Wildman–Crippen MR) is 124 cm³/mol. The summed E-state index contributed by atoms with van der Waals surface area (Å²) in [5.74, 6) is -1.21. The summed E-state index contributed by atoms with van der Waals surface area (Å²) in [6.07, 6.45) is -4.80. The third-order valence-corrected chi connectivity index (χ3v) is 10.1. The zero-order valence-corrected chi connectivity index (χ0v) is 21.6. The number of nitrogens with two attached hydrogens (primary N) is 1. The molecule has 1 unspecified atom stereocenters. The van der Waals surface area contributed by atoms with Crippen molar-refractivity contribution in [2.75, 3.05) is 12.3 Å². The molecule has 5 nitrogen and oxygen atoms in total. The van der Waals surface area contributed by atoms with Crippen LogP contribution in [0.2, 0.25) is 0 Å². The number of nitrogens with zero attached hydrogens (tertiary/aromatic N) is 2. The lowest BCUT2D eigenvalue weighted by atomic mass is 9.77. The minimum absolute atomic E-state index is 0.0693. The van der Waals surface area contributed by atoms with Crippen molar-refractivity contribution in [3.8, 4) is 6.07 Å². The highest BCUT2D eigenvalue weighted by molar-refractivity contribution is 14.1. The van der Waals surface area contributed by atoms with Crippen molar-refractivity contribution in [3.05, 3.63) is 33.1 Å². The monoisotopic (exact) mass is 595 g/mol. The highest BCUT2D eigenvalue weighted by Gasteiger charge is 2.45. The molecule has 176 valence electrons. The summed E-state index contributed by atoms with van der Waals surface area (Å²) in [7, 11) is -5.72. The van der Waals surface area contributed by atoms with Gasteiger partial charge in [0.05, 0.1) is 31.5 Å². The van der Waals surface area contributed by atoms with Crippen molar-refractivity contribution in [1.29, 1.82) is 5.26 Å². The van der Waals surface area contributed by atoms with Crippen molar-refractivity contribution in [2.24, 2.45) is 9.50 Å². The molecule has 12 heteroatoms. The van der Waals surface area contributed by atoms with Crippen LogP contribution in [0.15, 0.2) is 22.6 Å². The van der Waals surface area contributed by atoms with E-state index < -0.39 is 59.9 Å². The fourth-order valence-corrected chi connectivity index (χ4v) is 6.61. The van der Waals surface area contributed by atoms with Gasteiger partial charge in [0.1, 0.15) is 17.1 Å². The van der Waals surface area contributed by atoms with Crippen molar-refractivity contribution in [3.63, 3.8) is 0 Å². The first kappa shape index (κ1) is 28.3. The SMILES string of the molecule is CC(C)(C[C@@](C)(C[S@@](=O)(=NCC(F)(F)F)C(C)(C)C#N)c1cc(I)ccc1F)S(N)=O. The van der Waals surface area contributed by atoms with E-state index in [0.717, 1.165) is 0 Å². The van der Waals surface area contributed by atoms with E-state index in [-0.39, 0.29) is 12.0 Å². The summed E-state index contributed by atoms with van der Waals surface area (Å²) in [5, 5.41) is 15.1. The van der Waals surface area contributed by atoms with Gasteiger partial charge >= 0.3 is 6.18 Å². The Labute approximate surface area is 197 Å². The first-order chi connectivity index (χ1) is 13.8.